The maximum atomic E-state index is 5.82. The fourth-order valence-corrected chi connectivity index (χ4v) is 4.22. The minimum atomic E-state index is 0. The molecule has 0 bridgehead atoms. The van der Waals surface area contributed by atoms with Gasteiger partial charge >= 0.3 is 0 Å². The molecule has 2 saturated heterocycles. The van der Waals surface area contributed by atoms with Gasteiger partial charge in [-0.15, -0.1) is 29.2 Å². The van der Waals surface area contributed by atoms with Crippen LogP contribution in [0.5, 0.6) is 0 Å². The van der Waals surface area contributed by atoms with E-state index in [0.717, 1.165) is 55.8 Å². The van der Waals surface area contributed by atoms with Crippen LogP contribution in [0.1, 0.15) is 43.8 Å². The van der Waals surface area contributed by atoms with E-state index in [1.165, 1.54) is 19.3 Å². The van der Waals surface area contributed by atoms with E-state index >= 15 is 0 Å². The van der Waals surface area contributed by atoms with E-state index in [1.807, 2.05) is 6.08 Å². The molecule has 1 unspecified atom stereocenters. The highest BCUT2D eigenvalue weighted by Gasteiger charge is 2.23. The Labute approximate surface area is 149 Å². The van der Waals surface area contributed by atoms with Gasteiger partial charge in [0, 0.05) is 24.8 Å². The number of hydrogen-bond donors (Lipinski definition) is 1. The quantitative estimate of drug-likeness (QED) is 0.625. The molecule has 2 fully saturated rings. The van der Waals surface area contributed by atoms with E-state index in [9.17, 15) is 0 Å². The average molecular weight is 359 g/mol. The third kappa shape index (κ3) is 4.95. The third-order valence-corrected chi connectivity index (χ3v) is 5.53. The van der Waals surface area contributed by atoms with E-state index in [2.05, 4.69) is 26.7 Å². The van der Waals surface area contributed by atoms with Gasteiger partial charge in [0.1, 0.15) is 5.82 Å². The molecule has 130 valence electrons. The van der Waals surface area contributed by atoms with Gasteiger partial charge in [-0.25, -0.2) is 0 Å². The average Bonchev–Trinajstić information content (AvgIpc) is 2.98. The van der Waals surface area contributed by atoms with Gasteiger partial charge in [-0.2, -0.15) is 0 Å². The number of nitrogens with zero attached hydrogens (tertiary/aromatic N) is 3. The van der Waals surface area contributed by atoms with Crippen molar-refractivity contribution in [2.75, 3.05) is 25.4 Å². The molecule has 0 amide bonds. The molecule has 0 saturated carbocycles. The molecule has 1 aromatic heterocycles. The molecule has 0 radical (unpaired) electrons. The number of hydrogen-bond acceptors (Lipinski definition) is 5. The minimum absolute atomic E-state index is 0. The molecule has 1 aromatic rings. The summed E-state index contributed by atoms with van der Waals surface area (Å²) in [5.74, 6) is 2.63. The summed E-state index contributed by atoms with van der Waals surface area (Å²) in [6.07, 6.45) is 8.25. The van der Waals surface area contributed by atoms with Gasteiger partial charge in [-0.3, -0.25) is 0 Å². The van der Waals surface area contributed by atoms with Gasteiger partial charge in [0.05, 0.1) is 6.10 Å². The molecule has 5 nitrogen and oxygen atoms in total. The Morgan fingerprint density at radius 2 is 2.09 bits per heavy atom. The highest BCUT2D eigenvalue weighted by molar-refractivity contribution is 7.99. The van der Waals surface area contributed by atoms with Crippen LogP contribution in [0, 0.1) is 0 Å². The molecular formula is C16H27ClN4OS. The van der Waals surface area contributed by atoms with Crippen LogP contribution in [-0.4, -0.2) is 46.3 Å². The van der Waals surface area contributed by atoms with E-state index in [4.69, 9.17) is 4.74 Å². The van der Waals surface area contributed by atoms with Crippen LogP contribution in [0.15, 0.2) is 17.8 Å². The first-order valence-corrected chi connectivity index (χ1v) is 9.36. The van der Waals surface area contributed by atoms with Gasteiger partial charge in [0.2, 0.25) is 0 Å². The Kier molecular flexibility index (Phi) is 7.89. The van der Waals surface area contributed by atoms with Crippen molar-refractivity contribution < 1.29 is 4.74 Å². The summed E-state index contributed by atoms with van der Waals surface area (Å²) in [4.78, 5) is 0. The zero-order valence-corrected chi connectivity index (χ0v) is 15.2. The number of rotatable bonds is 6. The lowest BCUT2D eigenvalue weighted by Crippen LogP contribution is -2.28. The first kappa shape index (κ1) is 18.8. The van der Waals surface area contributed by atoms with Crippen LogP contribution < -0.4 is 5.32 Å². The van der Waals surface area contributed by atoms with Crippen molar-refractivity contribution in [1.82, 2.24) is 20.1 Å². The summed E-state index contributed by atoms with van der Waals surface area (Å²) in [5.41, 5.74) is 0. The molecular weight excluding hydrogens is 332 g/mol. The second-order valence-corrected chi connectivity index (χ2v) is 7.05. The van der Waals surface area contributed by atoms with Gasteiger partial charge < -0.3 is 14.6 Å². The first-order valence-electron chi connectivity index (χ1n) is 8.37. The Morgan fingerprint density at radius 3 is 2.78 bits per heavy atom. The number of thioether (sulfide) groups is 1. The summed E-state index contributed by atoms with van der Waals surface area (Å²) in [5, 5.41) is 13.4. The van der Waals surface area contributed by atoms with Crippen LogP contribution in [0.3, 0.4) is 0 Å². The summed E-state index contributed by atoms with van der Waals surface area (Å²) in [6.45, 7) is 7.74. The lowest BCUT2D eigenvalue weighted by atomic mass is 9.97. The minimum Gasteiger partial charge on any atom is -0.377 e. The van der Waals surface area contributed by atoms with Crippen LogP contribution in [0.4, 0.5) is 0 Å². The maximum Gasteiger partial charge on any atom is 0.191 e. The monoisotopic (exact) mass is 358 g/mol. The topological polar surface area (TPSA) is 52.0 Å². The predicted molar refractivity (Wildman–Crippen MR) is 96.6 cm³/mol. The standard InChI is InChI=1S/C16H26N4OS.ClH/c1-2-10-20-15(13-6-8-17-9-7-13)18-19-16(20)22-12-14-5-3-4-11-21-14;/h2,13-14,17H,1,3-12H2;1H. The Bertz CT molecular complexity index is 484. The van der Waals surface area contributed by atoms with Crippen molar-refractivity contribution in [2.45, 2.75) is 55.8 Å². The first-order chi connectivity index (χ1) is 10.9. The Morgan fingerprint density at radius 1 is 1.26 bits per heavy atom. The smallest absolute Gasteiger partial charge is 0.191 e. The molecule has 0 spiro atoms. The van der Waals surface area contributed by atoms with E-state index in [0.29, 0.717) is 12.0 Å². The number of allylic oxidation sites excluding steroid dienone is 1. The van der Waals surface area contributed by atoms with Crippen molar-refractivity contribution in [3.05, 3.63) is 18.5 Å². The van der Waals surface area contributed by atoms with Gasteiger partial charge in [0.25, 0.3) is 0 Å². The molecule has 0 aromatic carbocycles. The molecule has 1 N–H and O–H groups in total. The van der Waals surface area contributed by atoms with Crippen LogP contribution in [0.2, 0.25) is 0 Å². The normalized spacial score (nSPS) is 22.5. The number of halogens is 1. The van der Waals surface area contributed by atoms with Crippen molar-refractivity contribution in [2.24, 2.45) is 0 Å². The zero-order valence-electron chi connectivity index (χ0n) is 13.6. The molecule has 3 heterocycles. The molecule has 2 aliphatic heterocycles. The maximum absolute atomic E-state index is 5.82. The number of aromatic nitrogens is 3. The zero-order chi connectivity index (χ0) is 15.2. The molecule has 0 aliphatic carbocycles. The lowest BCUT2D eigenvalue weighted by Gasteiger charge is -2.23. The fourth-order valence-electron chi connectivity index (χ4n) is 3.20. The largest absolute Gasteiger partial charge is 0.377 e. The van der Waals surface area contributed by atoms with Gasteiger partial charge in [-0.05, 0) is 45.2 Å². The van der Waals surface area contributed by atoms with Crippen molar-refractivity contribution in [1.29, 1.82) is 0 Å². The highest BCUT2D eigenvalue weighted by Crippen LogP contribution is 2.28. The highest BCUT2D eigenvalue weighted by atomic mass is 35.5. The van der Waals surface area contributed by atoms with Crippen molar-refractivity contribution in [3.63, 3.8) is 0 Å². The third-order valence-electron chi connectivity index (χ3n) is 4.43. The summed E-state index contributed by atoms with van der Waals surface area (Å²) >= 11 is 1.78. The molecule has 2 aliphatic rings. The Hall–Kier alpha value is -0.560. The Balaban J connectivity index is 0.00000192. The number of ether oxygens (including phenoxy) is 1. The van der Waals surface area contributed by atoms with Crippen molar-refractivity contribution >= 4 is 24.2 Å². The van der Waals surface area contributed by atoms with Crippen LogP contribution in [-0.2, 0) is 11.3 Å². The second kappa shape index (κ2) is 9.67. The van der Waals surface area contributed by atoms with E-state index in [-0.39, 0.29) is 12.4 Å². The summed E-state index contributed by atoms with van der Waals surface area (Å²) in [6, 6.07) is 0. The number of piperidine rings is 1. The molecule has 23 heavy (non-hydrogen) atoms. The lowest BCUT2D eigenvalue weighted by molar-refractivity contribution is 0.0315. The summed E-state index contributed by atoms with van der Waals surface area (Å²) in [7, 11) is 0. The van der Waals surface area contributed by atoms with Gasteiger partial charge in [0.15, 0.2) is 5.16 Å². The van der Waals surface area contributed by atoms with Crippen LogP contribution in [0.25, 0.3) is 0 Å². The SMILES string of the molecule is C=CCn1c(SCC2CCCCO2)nnc1C1CCNCC1.Cl. The predicted octanol–water partition coefficient (Wildman–Crippen LogP) is 3.01. The van der Waals surface area contributed by atoms with Crippen LogP contribution >= 0.6 is 24.2 Å². The number of nitrogens with one attached hydrogen (secondary N) is 1. The summed E-state index contributed by atoms with van der Waals surface area (Å²) < 4.78 is 8.06. The second-order valence-electron chi connectivity index (χ2n) is 6.06. The van der Waals surface area contributed by atoms with E-state index in [1.54, 1.807) is 11.8 Å². The molecule has 7 heteroatoms. The fraction of sp³-hybridized carbons (Fsp3) is 0.750. The van der Waals surface area contributed by atoms with E-state index < -0.39 is 0 Å². The molecule has 3 rings (SSSR count). The van der Waals surface area contributed by atoms with Crippen molar-refractivity contribution in [3.8, 4) is 0 Å². The molecule has 1 atom stereocenters. The van der Waals surface area contributed by atoms with Gasteiger partial charge in [-0.1, -0.05) is 17.8 Å².